The van der Waals surface area contributed by atoms with Gasteiger partial charge < -0.3 is 179 Å². The smallest absolute Gasteiger partial charge is 0.220 e. The number of aliphatic hydroxyl groups excluding tert-OH is 19. The van der Waals surface area contributed by atoms with Crippen LogP contribution in [0.15, 0.2) is 12.2 Å². The molecule has 706 valence electrons. The molecule has 39 heteroatoms. The molecule has 22 N–H and O–H groups in total. The van der Waals surface area contributed by atoms with Crippen molar-refractivity contribution in [1.29, 1.82) is 0 Å². The zero-order valence-electron chi connectivity index (χ0n) is 71.0. The van der Waals surface area contributed by atoms with Crippen molar-refractivity contribution in [2.75, 3.05) is 39.6 Å². The molecule has 0 aromatic heterocycles. The molecule has 7 saturated heterocycles. The first-order valence-electron chi connectivity index (χ1n) is 44.2. The quantitative estimate of drug-likeness (QED) is 0.0220. The van der Waals surface area contributed by atoms with Crippen LogP contribution in [-0.2, 0) is 80.7 Å². The van der Waals surface area contributed by atoms with Gasteiger partial charge >= 0.3 is 0 Å². The third kappa shape index (κ3) is 30.7. The minimum atomic E-state index is -2.33. The summed E-state index contributed by atoms with van der Waals surface area (Å²) >= 11 is 0. The minimum Gasteiger partial charge on any atom is -0.394 e. The number of hydrogen-bond acceptors (Lipinski definition) is 36. The first-order chi connectivity index (χ1) is 58.0. The minimum absolute atomic E-state index is 0.157. The third-order valence-electron chi connectivity index (χ3n) is 23.8. The van der Waals surface area contributed by atoms with Gasteiger partial charge in [-0.15, -0.1) is 0 Å². The van der Waals surface area contributed by atoms with Gasteiger partial charge in [-0.3, -0.25) is 14.4 Å². The van der Waals surface area contributed by atoms with Crippen LogP contribution in [0.3, 0.4) is 0 Å². The van der Waals surface area contributed by atoms with Crippen molar-refractivity contribution < 1.29 is 178 Å². The Hall–Kier alpha value is -3.17. The topological polar surface area (TPSA) is 601 Å². The van der Waals surface area contributed by atoms with Gasteiger partial charge in [0.2, 0.25) is 17.7 Å². The van der Waals surface area contributed by atoms with E-state index < -0.39 is 278 Å². The number of carbonyl (C=O) groups excluding carboxylic acids is 3. The molecule has 7 fully saturated rings. The van der Waals surface area contributed by atoms with Crippen molar-refractivity contribution in [3.8, 4) is 0 Å². The Bertz CT molecular complexity index is 2890. The molecule has 39 nitrogen and oxygen atoms in total. The average molecular weight is 1750 g/mol. The normalized spacial score (nSPS) is 39.2. The number of rotatable bonds is 53. The lowest BCUT2D eigenvalue weighted by Gasteiger charge is -2.52. The van der Waals surface area contributed by atoms with E-state index in [4.69, 9.17) is 66.3 Å². The standard InChI is InChI=1S/C82H147N3O36/c1-7-9-11-13-15-17-19-21-22-24-26-28-30-32-34-36-54(94)85-47(48(93)35-33-31-29-27-25-23-20-18-16-14-12-10-8-2)42-108-78-67(105)64(102)71(52(40-89)115-78)117-81-68(106)75(60(98)49(37-86)111-81)121-77-56(84-46(6)92)73(119-80-66(104)63(101)58(96)44(4)110-80)72(53(41-90)114-77)118-82-69(107)74(59(97)50(38-87)112-82)120-76-55(83-45(5)91)61(99)70(51(39-88)113-76)116-79-65(103)62(100)57(95)43(3)109-79/h33,35,43-44,47-53,55-82,86-90,93,95-107H,7-32,34,36-42H2,1-6H3,(H,83,91)(H,84,92)(H,85,94)/b35-33+/t43?,44?,47-,48+,49?,50?,51?,52?,53?,55?,56?,57+,58+,59-,60-,61+,62?,63?,64+,65-,66-,67?,68?,69?,70+,71+,72+,73+,74-,75-,76-,77-,78+,79+,80+,81-,82-/m0/s1. The molecule has 7 rings (SSSR count). The molecule has 0 aliphatic carbocycles. The fourth-order valence-electron chi connectivity index (χ4n) is 16.5. The van der Waals surface area contributed by atoms with E-state index in [1.54, 1.807) is 6.08 Å². The molecule has 0 bridgehead atoms. The molecular formula is C82H147N3O36. The summed E-state index contributed by atoms with van der Waals surface area (Å²) in [7, 11) is 0. The highest BCUT2D eigenvalue weighted by Gasteiger charge is 2.60. The number of carbonyl (C=O) groups is 3. The second-order valence-electron chi connectivity index (χ2n) is 33.4. The van der Waals surface area contributed by atoms with Gasteiger partial charge in [0.15, 0.2) is 44.0 Å². The van der Waals surface area contributed by atoms with E-state index >= 15 is 0 Å². The Balaban J connectivity index is 1.06. The Kier molecular flexibility index (Phi) is 47.1. The molecule has 3 amide bonds. The molecule has 0 spiro atoms. The monoisotopic (exact) mass is 1750 g/mol. The molecule has 0 radical (unpaired) electrons. The predicted octanol–water partition coefficient (Wildman–Crippen LogP) is -2.54. The van der Waals surface area contributed by atoms with E-state index in [1.807, 2.05) is 6.08 Å². The summed E-state index contributed by atoms with van der Waals surface area (Å²) in [4.78, 5) is 40.0. The van der Waals surface area contributed by atoms with Gasteiger partial charge in [0, 0.05) is 20.3 Å². The van der Waals surface area contributed by atoms with Crippen LogP contribution in [0.1, 0.15) is 221 Å². The molecule has 7 heterocycles. The van der Waals surface area contributed by atoms with E-state index in [-0.39, 0.29) is 12.3 Å². The Morgan fingerprint density at radius 1 is 0.339 bits per heavy atom. The molecule has 121 heavy (non-hydrogen) atoms. The molecule has 0 aromatic rings. The molecule has 7 aliphatic heterocycles. The SMILES string of the molecule is CCCCCCCCCCCCC/C=C/[C@@H](O)[C@H](CO[C@@H]1OC(CO)[C@@H](O[C@@H]2OC(CO)[C@H](O)[C@H](O[C@@H]3OC(CO)[C@@H](O[C@@H]4OC(CO)[C@H](O)[C@H](O[C@@H]5OC(CO)[C@@H](O[C@H]6OC(C)[C@@H](O)C(O)[C@@H]6O)[C@H](O)C5NC(C)=O)C4O)[C@H](O[C@H]4OC(C)[C@@H](O)C(O)[C@@H]4O)C3NC(C)=O)C2O)[C@H](O)C1O)NC(=O)CCCCCCCCCCCCCCCCC. The Morgan fingerprint density at radius 3 is 1.09 bits per heavy atom. The predicted molar refractivity (Wildman–Crippen MR) is 424 cm³/mol. The second-order valence-corrected chi connectivity index (χ2v) is 33.4. The molecular weight excluding hydrogens is 1600 g/mol. The lowest BCUT2D eigenvalue weighted by Crippen LogP contribution is -2.71. The van der Waals surface area contributed by atoms with Crippen LogP contribution in [0, 0.1) is 0 Å². The fourth-order valence-corrected chi connectivity index (χ4v) is 16.5. The maximum absolute atomic E-state index is 13.6. The maximum atomic E-state index is 13.6. The van der Waals surface area contributed by atoms with Crippen LogP contribution in [0.5, 0.6) is 0 Å². The van der Waals surface area contributed by atoms with Crippen LogP contribution in [-0.4, -0.2) is 381 Å². The van der Waals surface area contributed by atoms with Crippen LogP contribution in [0.25, 0.3) is 0 Å². The molecule has 14 unspecified atom stereocenters. The first kappa shape index (κ1) is 105. The summed E-state index contributed by atoms with van der Waals surface area (Å²) < 4.78 is 84.6. The highest BCUT2D eigenvalue weighted by atomic mass is 16.8. The van der Waals surface area contributed by atoms with E-state index in [9.17, 15) is 111 Å². The van der Waals surface area contributed by atoms with Crippen molar-refractivity contribution in [3.05, 3.63) is 12.2 Å². The number of nitrogens with one attached hydrogen (secondary N) is 3. The summed E-state index contributed by atoms with van der Waals surface area (Å²) in [5.74, 6) is -2.13. The molecule has 0 aromatic carbocycles. The summed E-state index contributed by atoms with van der Waals surface area (Å²) in [5, 5.41) is 223. The zero-order chi connectivity index (χ0) is 88.6. The molecule has 0 saturated carbocycles. The van der Waals surface area contributed by atoms with E-state index in [2.05, 4.69) is 29.8 Å². The van der Waals surface area contributed by atoms with Crippen LogP contribution in [0.4, 0.5) is 0 Å². The summed E-state index contributed by atoms with van der Waals surface area (Å²) in [6.07, 6.45) is -30.6. The van der Waals surface area contributed by atoms with Gasteiger partial charge in [0.1, 0.15) is 159 Å². The van der Waals surface area contributed by atoms with Gasteiger partial charge in [-0.05, 0) is 33.1 Å². The van der Waals surface area contributed by atoms with E-state index in [0.29, 0.717) is 12.8 Å². The van der Waals surface area contributed by atoms with Crippen LogP contribution in [0.2, 0.25) is 0 Å². The van der Waals surface area contributed by atoms with Crippen LogP contribution < -0.4 is 16.0 Å². The van der Waals surface area contributed by atoms with E-state index in [0.717, 1.165) is 65.2 Å². The van der Waals surface area contributed by atoms with Gasteiger partial charge in [-0.1, -0.05) is 180 Å². The van der Waals surface area contributed by atoms with Crippen molar-refractivity contribution in [3.63, 3.8) is 0 Å². The number of amides is 3. The lowest BCUT2D eigenvalue weighted by molar-refractivity contribution is -0.397. The van der Waals surface area contributed by atoms with Crippen LogP contribution >= 0.6 is 0 Å². The summed E-state index contributed by atoms with van der Waals surface area (Å²) in [5.41, 5.74) is 0. The van der Waals surface area contributed by atoms with Crippen molar-refractivity contribution in [1.82, 2.24) is 16.0 Å². The third-order valence-corrected chi connectivity index (χ3v) is 23.8. The lowest BCUT2D eigenvalue weighted by atomic mass is 9.93. The second kappa shape index (κ2) is 54.3. The van der Waals surface area contributed by atoms with Crippen molar-refractivity contribution >= 4 is 17.7 Å². The number of hydrogen-bond donors (Lipinski definition) is 22. The average Bonchev–Trinajstić information content (AvgIpc) is 0.762. The Labute approximate surface area is 708 Å². The van der Waals surface area contributed by atoms with Gasteiger partial charge in [-0.2, -0.15) is 0 Å². The number of aliphatic hydroxyl groups is 19. The van der Waals surface area contributed by atoms with Crippen molar-refractivity contribution in [2.45, 2.75) is 448 Å². The molecule has 37 atom stereocenters. The highest BCUT2D eigenvalue weighted by Crippen LogP contribution is 2.40. The summed E-state index contributed by atoms with van der Waals surface area (Å²) in [6, 6.07) is -4.81. The van der Waals surface area contributed by atoms with Gasteiger partial charge in [0.05, 0.1) is 64.0 Å². The Morgan fingerprint density at radius 2 is 0.669 bits per heavy atom. The van der Waals surface area contributed by atoms with Gasteiger partial charge in [-0.25, -0.2) is 0 Å². The highest BCUT2D eigenvalue weighted by molar-refractivity contribution is 5.76. The zero-order valence-corrected chi connectivity index (χ0v) is 71.0. The number of unbranched alkanes of at least 4 members (excludes halogenated alkanes) is 25. The fraction of sp³-hybridized carbons (Fsp3) is 0.939. The summed E-state index contributed by atoms with van der Waals surface area (Å²) in [6.45, 7) is 3.28. The molecule has 7 aliphatic rings. The maximum Gasteiger partial charge on any atom is 0.220 e. The number of allylic oxidation sites excluding steroid dienone is 1. The largest absolute Gasteiger partial charge is 0.394 e. The number of ether oxygens (including phenoxy) is 14. The van der Waals surface area contributed by atoms with Gasteiger partial charge in [0.25, 0.3) is 0 Å². The van der Waals surface area contributed by atoms with Crippen molar-refractivity contribution in [2.24, 2.45) is 0 Å². The van der Waals surface area contributed by atoms with E-state index in [1.165, 1.54) is 123 Å². The first-order valence-corrected chi connectivity index (χ1v) is 44.2.